The van der Waals surface area contributed by atoms with Crippen LogP contribution in [-0.4, -0.2) is 23.9 Å². The number of likely N-dealkylation sites (N-methyl/N-ethyl adjacent to an activating group) is 1. The monoisotopic (exact) mass is 191 g/mol. The number of fused-ring (bicyclic) bond motifs is 1. The van der Waals surface area contributed by atoms with E-state index >= 15 is 0 Å². The van der Waals surface area contributed by atoms with E-state index in [0.29, 0.717) is 5.92 Å². The van der Waals surface area contributed by atoms with Gasteiger partial charge in [-0.25, -0.2) is 0 Å². The third-order valence-corrected chi connectivity index (χ3v) is 3.52. The van der Waals surface area contributed by atoms with Gasteiger partial charge in [0.15, 0.2) is 0 Å². The van der Waals surface area contributed by atoms with Gasteiger partial charge in [0.05, 0.1) is 11.5 Å². The van der Waals surface area contributed by atoms with Crippen LogP contribution in [0.5, 0.6) is 0 Å². The van der Waals surface area contributed by atoms with Crippen molar-refractivity contribution in [1.29, 1.82) is 0 Å². The molecule has 1 fully saturated rings. The molecular weight excluding hydrogens is 174 g/mol. The van der Waals surface area contributed by atoms with Crippen LogP contribution in [0.2, 0.25) is 0 Å². The first kappa shape index (κ1) is 9.50. The van der Waals surface area contributed by atoms with E-state index in [1.165, 1.54) is 5.57 Å². The third kappa shape index (κ3) is 1.06. The first-order valence-electron chi connectivity index (χ1n) is 5.08. The Morgan fingerprint density at radius 3 is 2.71 bits per heavy atom. The molecule has 1 saturated heterocycles. The van der Waals surface area contributed by atoms with E-state index in [-0.39, 0.29) is 17.4 Å². The molecule has 2 nitrogen and oxygen atoms in total. The molecule has 76 valence electrons. The molecule has 1 aliphatic carbocycles. The zero-order chi connectivity index (χ0) is 10.5. The van der Waals surface area contributed by atoms with E-state index in [1.807, 2.05) is 25.8 Å². The lowest BCUT2D eigenvalue weighted by atomic mass is 9.76. The first-order valence-corrected chi connectivity index (χ1v) is 5.08. The number of hydrogen-bond acceptors (Lipinski definition) is 1. The summed E-state index contributed by atoms with van der Waals surface area (Å²) in [6.45, 7) is 6.17. The topological polar surface area (TPSA) is 20.3 Å². The Morgan fingerprint density at radius 1 is 1.43 bits per heavy atom. The maximum Gasteiger partial charge on any atom is 0.229 e. The highest BCUT2D eigenvalue weighted by molar-refractivity contribution is 5.86. The average molecular weight is 191 g/mol. The summed E-state index contributed by atoms with van der Waals surface area (Å²) in [5, 5.41) is 0. The number of hydrogen-bond donors (Lipinski definition) is 0. The van der Waals surface area contributed by atoms with Gasteiger partial charge in [0.25, 0.3) is 0 Å². The molecule has 1 amide bonds. The molecule has 0 spiro atoms. The normalized spacial score (nSPS) is 34.4. The molecule has 0 N–H and O–H groups in total. The summed E-state index contributed by atoms with van der Waals surface area (Å²) in [5.74, 6) is 0.591. The summed E-state index contributed by atoms with van der Waals surface area (Å²) in [6.07, 6.45) is 6.48. The fourth-order valence-electron chi connectivity index (χ4n) is 2.55. The van der Waals surface area contributed by atoms with Gasteiger partial charge in [0.2, 0.25) is 5.91 Å². The fourth-order valence-corrected chi connectivity index (χ4v) is 2.55. The quantitative estimate of drug-likeness (QED) is 0.573. The van der Waals surface area contributed by atoms with Crippen LogP contribution in [-0.2, 0) is 4.79 Å². The highest BCUT2D eigenvalue weighted by Gasteiger charge is 2.50. The lowest BCUT2D eigenvalue weighted by molar-refractivity contribution is -0.134. The van der Waals surface area contributed by atoms with Crippen molar-refractivity contribution in [3.8, 4) is 0 Å². The molecule has 2 heteroatoms. The van der Waals surface area contributed by atoms with E-state index in [1.54, 1.807) is 0 Å². The Labute approximate surface area is 85.3 Å². The Hall–Kier alpha value is -1.05. The van der Waals surface area contributed by atoms with Crippen LogP contribution in [0.1, 0.15) is 20.8 Å². The summed E-state index contributed by atoms with van der Waals surface area (Å²) < 4.78 is 0. The summed E-state index contributed by atoms with van der Waals surface area (Å²) in [6, 6.07) is 0.265. The van der Waals surface area contributed by atoms with Gasteiger partial charge in [-0.15, -0.1) is 0 Å². The standard InChI is InChI=1S/C12H17NO/c1-8-5-6-10-9(7-8)12(2,3)11(14)13(10)4/h5-7,9-10H,1-4H3. The van der Waals surface area contributed by atoms with Gasteiger partial charge >= 0.3 is 0 Å². The van der Waals surface area contributed by atoms with Crippen molar-refractivity contribution in [1.82, 2.24) is 4.90 Å². The summed E-state index contributed by atoms with van der Waals surface area (Å²) in [4.78, 5) is 13.8. The number of carbonyl (C=O) groups excluding carboxylic acids is 1. The lowest BCUT2D eigenvalue weighted by Crippen LogP contribution is -2.30. The van der Waals surface area contributed by atoms with Crippen molar-refractivity contribution in [2.45, 2.75) is 26.8 Å². The predicted octanol–water partition coefficient (Wildman–Crippen LogP) is 1.99. The molecule has 0 aromatic heterocycles. The van der Waals surface area contributed by atoms with Crippen LogP contribution in [0.3, 0.4) is 0 Å². The zero-order valence-electron chi connectivity index (χ0n) is 9.24. The second-order valence-electron chi connectivity index (χ2n) is 4.92. The molecule has 0 aromatic carbocycles. The van der Waals surface area contributed by atoms with Crippen molar-refractivity contribution in [2.24, 2.45) is 11.3 Å². The minimum Gasteiger partial charge on any atom is -0.338 e. The van der Waals surface area contributed by atoms with Gasteiger partial charge < -0.3 is 4.90 Å². The average Bonchev–Trinajstić information content (AvgIpc) is 2.29. The van der Waals surface area contributed by atoms with E-state index in [2.05, 4.69) is 25.2 Å². The smallest absolute Gasteiger partial charge is 0.229 e. The zero-order valence-corrected chi connectivity index (χ0v) is 9.24. The second kappa shape index (κ2) is 2.72. The Morgan fingerprint density at radius 2 is 2.07 bits per heavy atom. The molecule has 2 aliphatic rings. The number of likely N-dealkylation sites (tertiary alicyclic amines) is 1. The van der Waals surface area contributed by atoms with E-state index < -0.39 is 0 Å². The maximum absolute atomic E-state index is 12.0. The minimum atomic E-state index is -0.245. The Kier molecular flexibility index (Phi) is 1.85. The number of rotatable bonds is 0. The minimum absolute atomic E-state index is 0.245. The summed E-state index contributed by atoms with van der Waals surface area (Å²) in [7, 11) is 1.90. The summed E-state index contributed by atoms with van der Waals surface area (Å²) >= 11 is 0. The van der Waals surface area contributed by atoms with Crippen molar-refractivity contribution in [3.05, 3.63) is 23.8 Å². The van der Waals surface area contributed by atoms with Crippen LogP contribution >= 0.6 is 0 Å². The fraction of sp³-hybridized carbons (Fsp3) is 0.583. The van der Waals surface area contributed by atoms with Crippen LogP contribution < -0.4 is 0 Å². The molecule has 2 atom stereocenters. The van der Waals surface area contributed by atoms with E-state index in [4.69, 9.17) is 0 Å². The third-order valence-electron chi connectivity index (χ3n) is 3.52. The molecular formula is C12H17NO. The van der Waals surface area contributed by atoms with Gasteiger partial charge in [0, 0.05) is 13.0 Å². The molecule has 1 aliphatic heterocycles. The van der Waals surface area contributed by atoms with Crippen molar-refractivity contribution in [2.75, 3.05) is 7.05 Å². The van der Waals surface area contributed by atoms with Gasteiger partial charge in [-0.1, -0.05) is 37.6 Å². The van der Waals surface area contributed by atoms with Gasteiger partial charge in [-0.2, -0.15) is 0 Å². The van der Waals surface area contributed by atoms with Crippen molar-refractivity contribution < 1.29 is 4.79 Å². The van der Waals surface area contributed by atoms with Gasteiger partial charge in [-0.05, 0) is 6.92 Å². The molecule has 14 heavy (non-hydrogen) atoms. The number of allylic oxidation sites excluding steroid dienone is 2. The highest BCUT2D eigenvalue weighted by Crippen LogP contribution is 2.43. The summed E-state index contributed by atoms with van der Waals surface area (Å²) in [5.41, 5.74) is 1.02. The molecule has 0 saturated carbocycles. The number of carbonyl (C=O) groups is 1. The van der Waals surface area contributed by atoms with Gasteiger partial charge in [-0.3, -0.25) is 4.79 Å². The maximum atomic E-state index is 12.0. The number of amides is 1. The predicted molar refractivity (Wildman–Crippen MR) is 56.7 cm³/mol. The molecule has 2 unspecified atom stereocenters. The van der Waals surface area contributed by atoms with E-state index in [0.717, 1.165) is 0 Å². The number of nitrogens with zero attached hydrogens (tertiary/aromatic N) is 1. The lowest BCUT2D eigenvalue weighted by Gasteiger charge is -2.26. The molecule has 0 bridgehead atoms. The van der Waals surface area contributed by atoms with Gasteiger partial charge in [0.1, 0.15) is 0 Å². The van der Waals surface area contributed by atoms with Crippen molar-refractivity contribution >= 4 is 5.91 Å². The van der Waals surface area contributed by atoms with E-state index in [9.17, 15) is 4.79 Å². The van der Waals surface area contributed by atoms with Crippen LogP contribution in [0.4, 0.5) is 0 Å². The van der Waals surface area contributed by atoms with Crippen LogP contribution in [0.15, 0.2) is 23.8 Å². The largest absolute Gasteiger partial charge is 0.338 e. The molecule has 1 heterocycles. The Balaban J connectivity index is 2.44. The first-order chi connectivity index (χ1) is 6.44. The van der Waals surface area contributed by atoms with Crippen LogP contribution in [0.25, 0.3) is 0 Å². The molecule has 2 rings (SSSR count). The molecule has 0 aromatic rings. The second-order valence-corrected chi connectivity index (χ2v) is 4.92. The van der Waals surface area contributed by atoms with Crippen molar-refractivity contribution in [3.63, 3.8) is 0 Å². The van der Waals surface area contributed by atoms with Crippen LogP contribution in [0, 0.1) is 11.3 Å². The highest BCUT2D eigenvalue weighted by atomic mass is 16.2. The Bertz CT molecular complexity index is 338. The SMILES string of the molecule is CC1=CC2C(C=C1)N(C)C(=O)C2(C)C. The molecule has 0 radical (unpaired) electrons.